The van der Waals surface area contributed by atoms with E-state index in [2.05, 4.69) is 10.1 Å². The third kappa shape index (κ3) is 3.84. The number of H-pyrrole nitrogens is 1. The second-order valence-corrected chi connectivity index (χ2v) is 8.75. The van der Waals surface area contributed by atoms with Gasteiger partial charge in [-0.2, -0.15) is 5.10 Å². The SMILES string of the molecule is Cc1ccccc1-n1nc(C(=O)N(C)c2c(N)n(Cc3ccccc3)c(=O)[nH]c2=O)c2c1CCC2. The zero-order valence-electron chi connectivity index (χ0n) is 19.6. The zero-order valence-corrected chi connectivity index (χ0v) is 19.6. The van der Waals surface area contributed by atoms with Crippen molar-refractivity contribution in [2.45, 2.75) is 32.7 Å². The van der Waals surface area contributed by atoms with Crippen LogP contribution < -0.4 is 21.9 Å². The number of aryl methyl sites for hydroxylation is 1. The summed E-state index contributed by atoms with van der Waals surface area (Å²) in [4.78, 5) is 42.5. The molecule has 1 aliphatic rings. The molecule has 2 aromatic heterocycles. The summed E-state index contributed by atoms with van der Waals surface area (Å²) >= 11 is 0. The number of nitrogens with zero attached hydrogens (tertiary/aromatic N) is 4. The molecular formula is C26H26N6O3. The number of benzene rings is 2. The Bertz CT molecular complexity index is 1550. The Kier molecular flexibility index (Phi) is 5.60. The number of aromatic nitrogens is 4. The number of nitrogen functional groups attached to an aromatic ring is 1. The van der Waals surface area contributed by atoms with Crippen molar-refractivity contribution < 1.29 is 4.79 Å². The van der Waals surface area contributed by atoms with Crippen molar-refractivity contribution in [3.05, 3.63) is 104 Å². The Morgan fingerprint density at radius 3 is 2.54 bits per heavy atom. The van der Waals surface area contributed by atoms with Crippen LogP contribution in [-0.4, -0.2) is 32.3 Å². The minimum atomic E-state index is -0.720. The lowest BCUT2D eigenvalue weighted by atomic mass is 10.1. The average molecular weight is 471 g/mol. The molecule has 0 fully saturated rings. The summed E-state index contributed by atoms with van der Waals surface area (Å²) in [6.07, 6.45) is 2.47. The lowest BCUT2D eigenvalue weighted by molar-refractivity contribution is 0.0986. The molecule has 3 N–H and O–H groups in total. The van der Waals surface area contributed by atoms with E-state index in [1.807, 2.05) is 66.2 Å². The highest BCUT2D eigenvalue weighted by Crippen LogP contribution is 2.30. The minimum absolute atomic E-state index is 0.0755. The molecule has 0 saturated heterocycles. The van der Waals surface area contributed by atoms with E-state index in [1.54, 1.807) is 0 Å². The molecule has 0 atom stereocenters. The Balaban J connectivity index is 1.57. The van der Waals surface area contributed by atoms with Crippen molar-refractivity contribution in [3.8, 4) is 5.69 Å². The summed E-state index contributed by atoms with van der Waals surface area (Å²) in [6.45, 7) is 2.16. The molecule has 9 heteroatoms. The number of rotatable bonds is 5. The third-order valence-corrected chi connectivity index (χ3v) is 6.51. The molecule has 0 unspecified atom stereocenters. The molecule has 0 spiro atoms. The summed E-state index contributed by atoms with van der Waals surface area (Å²) in [5.41, 5.74) is 9.86. The Labute approximate surface area is 201 Å². The number of carbonyl (C=O) groups excluding carboxylic acids is 1. The van der Waals surface area contributed by atoms with Crippen LogP contribution in [0.4, 0.5) is 11.5 Å². The third-order valence-electron chi connectivity index (χ3n) is 6.51. The van der Waals surface area contributed by atoms with Gasteiger partial charge in [0.25, 0.3) is 11.5 Å². The number of hydrogen-bond acceptors (Lipinski definition) is 5. The van der Waals surface area contributed by atoms with Crippen molar-refractivity contribution >= 4 is 17.4 Å². The molecule has 2 heterocycles. The van der Waals surface area contributed by atoms with Crippen LogP contribution in [0.5, 0.6) is 0 Å². The van der Waals surface area contributed by atoms with Gasteiger partial charge in [0.1, 0.15) is 5.82 Å². The molecule has 35 heavy (non-hydrogen) atoms. The fourth-order valence-corrected chi connectivity index (χ4v) is 4.69. The van der Waals surface area contributed by atoms with Gasteiger partial charge in [-0.05, 0) is 43.4 Å². The molecule has 1 amide bonds. The van der Waals surface area contributed by atoms with Gasteiger partial charge in [0.05, 0.1) is 12.2 Å². The average Bonchev–Trinajstić information content (AvgIpc) is 3.45. The van der Waals surface area contributed by atoms with Gasteiger partial charge >= 0.3 is 5.69 Å². The summed E-state index contributed by atoms with van der Waals surface area (Å²) in [6, 6.07) is 17.2. The summed E-state index contributed by atoms with van der Waals surface area (Å²) < 4.78 is 3.09. The van der Waals surface area contributed by atoms with Crippen molar-refractivity contribution in [2.24, 2.45) is 0 Å². The normalized spacial score (nSPS) is 12.5. The maximum absolute atomic E-state index is 13.6. The van der Waals surface area contributed by atoms with Gasteiger partial charge in [-0.15, -0.1) is 0 Å². The summed E-state index contributed by atoms with van der Waals surface area (Å²) in [5, 5.41) is 4.68. The Morgan fingerprint density at radius 2 is 1.80 bits per heavy atom. The molecule has 5 rings (SSSR count). The maximum Gasteiger partial charge on any atom is 0.330 e. The second-order valence-electron chi connectivity index (χ2n) is 8.75. The number of anilines is 2. The van der Waals surface area contributed by atoms with Crippen LogP contribution in [0.2, 0.25) is 0 Å². The van der Waals surface area contributed by atoms with E-state index < -0.39 is 17.2 Å². The largest absolute Gasteiger partial charge is 0.383 e. The lowest BCUT2D eigenvalue weighted by Gasteiger charge is -2.20. The molecule has 0 saturated carbocycles. The van der Waals surface area contributed by atoms with E-state index in [1.165, 1.54) is 16.5 Å². The van der Waals surface area contributed by atoms with Crippen LogP contribution in [0.1, 0.15) is 39.3 Å². The summed E-state index contributed by atoms with van der Waals surface area (Å²) in [7, 11) is 1.48. The quantitative estimate of drug-likeness (QED) is 0.464. The number of hydrogen-bond donors (Lipinski definition) is 2. The van der Waals surface area contributed by atoms with Crippen molar-refractivity contribution in [2.75, 3.05) is 17.7 Å². The first-order valence-corrected chi connectivity index (χ1v) is 11.5. The number of fused-ring (bicyclic) bond motifs is 1. The Hall–Kier alpha value is -4.40. The molecule has 4 aromatic rings. The molecule has 9 nitrogen and oxygen atoms in total. The van der Waals surface area contributed by atoms with Crippen LogP contribution in [0.25, 0.3) is 5.69 Å². The first-order valence-electron chi connectivity index (χ1n) is 11.5. The van der Waals surface area contributed by atoms with E-state index in [9.17, 15) is 14.4 Å². The predicted octanol–water partition coefficient (Wildman–Crippen LogP) is 2.43. The van der Waals surface area contributed by atoms with Gasteiger partial charge in [0.15, 0.2) is 11.4 Å². The van der Waals surface area contributed by atoms with Gasteiger partial charge in [-0.1, -0.05) is 48.5 Å². The zero-order chi connectivity index (χ0) is 24.7. The van der Waals surface area contributed by atoms with Gasteiger partial charge in [-0.25, -0.2) is 9.48 Å². The van der Waals surface area contributed by atoms with E-state index in [4.69, 9.17) is 5.73 Å². The molecule has 2 aromatic carbocycles. The van der Waals surface area contributed by atoms with E-state index in [0.717, 1.165) is 47.3 Å². The number of carbonyl (C=O) groups is 1. The standard InChI is InChI=1S/C26H26N6O3/c1-16-9-6-7-13-19(16)32-20-14-8-12-18(20)21(29-32)25(34)30(2)22-23(27)31(26(35)28-24(22)33)15-17-10-4-3-5-11-17/h3-7,9-11,13H,8,12,14-15,27H2,1-2H3,(H,28,33,35). The Morgan fingerprint density at radius 1 is 1.09 bits per heavy atom. The van der Waals surface area contributed by atoms with Gasteiger partial charge in [0.2, 0.25) is 0 Å². The first-order chi connectivity index (χ1) is 16.9. The van der Waals surface area contributed by atoms with Crippen LogP contribution in [0, 0.1) is 6.92 Å². The topological polar surface area (TPSA) is 119 Å². The van der Waals surface area contributed by atoms with E-state index >= 15 is 0 Å². The van der Waals surface area contributed by atoms with Gasteiger partial charge < -0.3 is 10.6 Å². The molecule has 0 bridgehead atoms. The van der Waals surface area contributed by atoms with Gasteiger partial charge in [-0.3, -0.25) is 19.1 Å². The van der Waals surface area contributed by atoms with Crippen LogP contribution in [0.3, 0.4) is 0 Å². The highest BCUT2D eigenvalue weighted by Gasteiger charge is 2.31. The molecule has 0 radical (unpaired) electrons. The first kappa shape index (κ1) is 22.4. The second kappa shape index (κ2) is 8.75. The van der Waals surface area contributed by atoms with E-state index in [0.29, 0.717) is 5.69 Å². The summed E-state index contributed by atoms with van der Waals surface area (Å²) in [5.74, 6) is -0.522. The van der Waals surface area contributed by atoms with Crippen LogP contribution in [0.15, 0.2) is 64.2 Å². The van der Waals surface area contributed by atoms with Crippen molar-refractivity contribution in [3.63, 3.8) is 0 Å². The van der Waals surface area contributed by atoms with Crippen molar-refractivity contribution in [1.82, 2.24) is 19.3 Å². The van der Waals surface area contributed by atoms with Gasteiger partial charge in [0, 0.05) is 18.3 Å². The maximum atomic E-state index is 13.6. The highest BCUT2D eigenvalue weighted by atomic mass is 16.2. The van der Waals surface area contributed by atoms with Crippen LogP contribution in [-0.2, 0) is 19.4 Å². The van der Waals surface area contributed by atoms with Crippen LogP contribution >= 0.6 is 0 Å². The number of nitrogens with two attached hydrogens (primary N) is 1. The van der Waals surface area contributed by atoms with E-state index in [-0.39, 0.29) is 18.1 Å². The number of aromatic amines is 1. The smallest absolute Gasteiger partial charge is 0.330 e. The number of para-hydroxylation sites is 1. The monoisotopic (exact) mass is 470 g/mol. The fraction of sp³-hybridized carbons (Fsp3) is 0.231. The number of nitrogens with one attached hydrogen (secondary N) is 1. The minimum Gasteiger partial charge on any atom is -0.383 e. The molecule has 1 aliphatic carbocycles. The molecular weight excluding hydrogens is 444 g/mol. The lowest BCUT2D eigenvalue weighted by Crippen LogP contribution is -2.39. The number of amides is 1. The fourth-order valence-electron chi connectivity index (χ4n) is 4.69. The molecule has 178 valence electrons. The highest BCUT2D eigenvalue weighted by molar-refractivity contribution is 6.06. The molecule has 0 aliphatic heterocycles. The predicted molar refractivity (Wildman–Crippen MR) is 134 cm³/mol. The van der Waals surface area contributed by atoms with Crippen molar-refractivity contribution in [1.29, 1.82) is 0 Å².